The summed E-state index contributed by atoms with van der Waals surface area (Å²) in [7, 11) is 3.25. The van der Waals surface area contributed by atoms with Crippen LogP contribution < -0.4 is 20.1 Å². The first-order valence-corrected chi connectivity index (χ1v) is 27.5. The first-order valence-electron chi connectivity index (χ1n) is 23.4. The molecule has 1 aliphatic heterocycles. The second-order valence-corrected chi connectivity index (χ2v) is 13.9. The number of benzene rings is 4. The van der Waals surface area contributed by atoms with Crippen molar-refractivity contribution >= 4 is 106 Å². The van der Waals surface area contributed by atoms with Gasteiger partial charge in [0.1, 0.15) is 41.6 Å². The zero-order valence-electron chi connectivity index (χ0n) is 48.8. The summed E-state index contributed by atoms with van der Waals surface area (Å²) in [5.74, 6) is 2.25. The highest BCUT2D eigenvalue weighted by Crippen LogP contribution is 2.20. The van der Waals surface area contributed by atoms with E-state index in [-0.39, 0.29) is 63.1 Å². The summed E-state index contributed by atoms with van der Waals surface area (Å²) in [5, 5.41) is 22.0. The number of phenols is 2. The van der Waals surface area contributed by atoms with Gasteiger partial charge < -0.3 is 39.3 Å². The van der Waals surface area contributed by atoms with Crippen LogP contribution in [0.15, 0.2) is 117 Å². The highest BCUT2D eigenvalue weighted by atomic mass is 32.2. The van der Waals surface area contributed by atoms with Gasteiger partial charge in [-0.25, -0.2) is 4.79 Å². The van der Waals surface area contributed by atoms with Gasteiger partial charge in [0.05, 0.1) is 13.2 Å². The number of nitrogens with one attached hydrogen (secondary N) is 2. The summed E-state index contributed by atoms with van der Waals surface area (Å²) in [6.07, 6.45) is 8.89. The lowest BCUT2D eigenvalue weighted by Gasteiger charge is -2.02. The number of hydrogen-bond donors (Lipinski definition) is 5. The molecular formula is C55H106B4N2O9S4. The Morgan fingerprint density at radius 3 is 0.919 bits per heavy atom. The van der Waals surface area contributed by atoms with E-state index in [2.05, 4.69) is 78.6 Å². The number of aldehydes is 2. The molecule has 1 heterocycles. The van der Waals surface area contributed by atoms with Gasteiger partial charge in [0, 0.05) is 71.7 Å². The Bertz CT molecular complexity index is 1530. The van der Waals surface area contributed by atoms with E-state index in [1.54, 1.807) is 92.8 Å². The Morgan fingerprint density at radius 1 is 0.554 bits per heavy atom. The average molecular weight is 1110 g/mol. The monoisotopic (exact) mass is 1110 g/mol. The molecule has 4 N–H and O–H groups in total. The number of urea groups is 1. The Morgan fingerprint density at radius 2 is 0.770 bits per heavy atom. The Labute approximate surface area is 485 Å². The van der Waals surface area contributed by atoms with E-state index >= 15 is 0 Å². The second-order valence-electron chi connectivity index (χ2n) is 10.7. The number of phenolic OH excluding ortho intramolecular Hbond substituents is 2. The quantitative estimate of drug-likeness (QED) is 0.0392. The van der Waals surface area contributed by atoms with E-state index < -0.39 is 6.03 Å². The lowest BCUT2D eigenvalue weighted by Crippen LogP contribution is -2.24. The second kappa shape index (κ2) is 94.8. The van der Waals surface area contributed by atoms with Crippen molar-refractivity contribution in [3.8, 4) is 23.0 Å². The maximum Gasteiger partial charge on any atom is 0.322 e. The van der Waals surface area contributed by atoms with E-state index in [9.17, 15) is 9.59 Å². The number of carbonyl (C=O) groups excluding carboxylic acids is 4. The molecule has 5 rings (SSSR count). The van der Waals surface area contributed by atoms with Crippen LogP contribution in [0.1, 0.15) is 136 Å². The molecule has 0 spiro atoms. The van der Waals surface area contributed by atoms with E-state index in [0.717, 1.165) is 42.2 Å². The number of rotatable bonds is 7. The fourth-order valence-electron chi connectivity index (χ4n) is 3.23. The summed E-state index contributed by atoms with van der Waals surface area (Å²) in [5.41, 5.74) is 0. The molecule has 3 amide bonds. The molecule has 0 aliphatic carbocycles. The fourth-order valence-corrected chi connectivity index (χ4v) is 4.60. The van der Waals surface area contributed by atoms with E-state index in [1.807, 2.05) is 126 Å². The van der Waals surface area contributed by atoms with Crippen molar-refractivity contribution < 1.29 is 47.9 Å². The molecule has 0 aromatic heterocycles. The number of carbonyl (C=O) groups is 4. The normalized spacial score (nSPS) is 9.20. The summed E-state index contributed by atoms with van der Waals surface area (Å²) in [4.78, 5) is 42.8. The van der Waals surface area contributed by atoms with Crippen LogP contribution in [0, 0.1) is 0 Å². The van der Waals surface area contributed by atoms with Crippen molar-refractivity contribution in [3.63, 3.8) is 0 Å². The number of aromatic hydroxyl groups is 2. The molecule has 74 heavy (non-hydrogen) atoms. The zero-order valence-corrected chi connectivity index (χ0v) is 52.2. The summed E-state index contributed by atoms with van der Waals surface area (Å²) < 4.78 is 14.8. The predicted octanol–water partition coefficient (Wildman–Crippen LogP) is 15.7. The molecule has 4 aromatic rings. The van der Waals surface area contributed by atoms with E-state index in [0.29, 0.717) is 5.75 Å². The minimum atomic E-state index is -0.400. The van der Waals surface area contributed by atoms with Crippen LogP contribution >= 0.6 is 47.9 Å². The number of amides is 3. The van der Waals surface area contributed by atoms with Crippen LogP contribution in [0.25, 0.3) is 0 Å². The van der Waals surface area contributed by atoms with Gasteiger partial charge in [0.25, 0.3) is 0 Å². The van der Waals surface area contributed by atoms with Crippen molar-refractivity contribution in [2.45, 2.75) is 157 Å². The van der Waals surface area contributed by atoms with Crippen molar-refractivity contribution in [2.24, 2.45) is 0 Å². The van der Waals surface area contributed by atoms with Crippen LogP contribution in [0.2, 0.25) is 0 Å². The maximum atomic E-state index is 10.4. The van der Waals surface area contributed by atoms with Crippen LogP contribution in [-0.2, 0) is 19.1 Å². The molecule has 1 aliphatic rings. The fraction of sp³-hybridized carbons (Fsp3) is 0.491. The SMILES string of the molecule is C.CC.CC.CC.CC.CC.CC1NC(=O)NC1=O.CC=O.CC=O.CCC.CCOc1ccc(SC)cc1.CCOc1ccc(SC)cc1.COC.CSc1ccc(O)cc1.Oc1ccc(S)cc1.[2HH].[2HH].[2HH].[B].[B].[B].[B]. The largest absolute Gasteiger partial charge is 0.508 e. The van der Waals surface area contributed by atoms with Gasteiger partial charge in [0.2, 0.25) is 5.91 Å². The Balaban J connectivity index is -0.0000000349. The van der Waals surface area contributed by atoms with Crippen LogP contribution in [-0.4, -0.2) is 121 Å². The molecule has 1 fully saturated rings. The highest BCUT2D eigenvalue weighted by Gasteiger charge is 2.24. The third kappa shape index (κ3) is 84.8. The predicted molar refractivity (Wildman–Crippen MR) is 345 cm³/mol. The first-order chi connectivity index (χ1) is 33.2. The number of thiol groups is 1. The molecule has 1 unspecified atom stereocenters. The van der Waals surface area contributed by atoms with Gasteiger partial charge >= 0.3 is 6.03 Å². The smallest absolute Gasteiger partial charge is 0.322 e. The summed E-state index contributed by atoms with van der Waals surface area (Å²) >= 11 is 9.17. The summed E-state index contributed by atoms with van der Waals surface area (Å²) in [6, 6.07) is 29.3. The highest BCUT2D eigenvalue weighted by molar-refractivity contribution is 7.99. The molecule has 4 aromatic carbocycles. The maximum absolute atomic E-state index is 10.4. The molecule has 1 saturated heterocycles. The molecule has 12 radical (unpaired) electrons. The molecule has 19 heteroatoms. The van der Waals surface area contributed by atoms with Gasteiger partial charge in [0.15, 0.2) is 0 Å². The van der Waals surface area contributed by atoms with Gasteiger partial charge in [-0.3, -0.25) is 10.1 Å². The Kier molecular flexibility index (Phi) is 136. The number of methoxy groups -OCH3 is 1. The molecular weight excluding hydrogens is 1000 g/mol. The molecule has 1 atom stereocenters. The van der Waals surface area contributed by atoms with Gasteiger partial charge in [-0.1, -0.05) is 96.9 Å². The number of imide groups is 1. The molecule has 11 nitrogen and oxygen atoms in total. The molecule has 426 valence electrons. The van der Waals surface area contributed by atoms with Crippen molar-refractivity contribution in [2.75, 3.05) is 46.2 Å². The summed E-state index contributed by atoms with van der Waals surface area (Å²) in [6.45, 7) is 34.2. The minimum absolute atomic E-state index is 0. The van der Waals surface area contributed by atoms with Gasteiger partial charge in [-0.05, 0) is 150 Å². The standard InChI is InChI=1S/2C9H12OS.C7H8OS.C6H6OS.C4H6N2O2.C3H8.C2H6O.2C2H4O.5C2H6.CH4.4B.3H2/c2*1-3-10-8-4-6-9(11-2)7-5-8;1-9-7-4-2-6(8)3-5-7;7-5-1-3-6(8)4-2-5;1-2-3(7)6-4(8)5-2;2*1-3-2;2*1-2-3;5*1-2;;;;;;;;/h2*4-7H,3H2,1-2H3;2-5,8H,1H3;1-4,7-8H;2H,1H3,(H2,5,6,7,8);3H2,1-2H3;1-2H3;2*2H,1H3;5*1-2H3;1H4;;;;;3*1H/i;;;;;;;;;;;;;;;;;;;3*1+1. The lowest BCUT2D eigenvalue weighted by atomic mass is 10.3. The minimum Gasteiger partial charge on any atom is -0.508 e. The molecule has 0 bridgehead atoms. The van der Waals surface area contributed by atoms with Crippen LogP contribution in [0.5, 0.6) is 23.0 Å². The molecule has 0 saturated carbocycles. The van der Waals surface area contributed by atoms with Crippen LogP contribution in [0.3, 0.4) is 0 Å². The third-order valence-electron chi connectivity index (χ3n) is 5.64. The van der Waals surface area contributed by atoms with E-state index in [1.165, 1.54) is 35.0 Å². The zero-order chi connectivity index (χ0) is 55.9. The average Bonchev–Trinajstić information content (AvgIpc) is 3.68. The third-order valence-corrected chi connectivity index (χ3v) is 8.17. The van der Waals surface area contributed by atoms with Crippen LogP contribution in [0.4, 0.5) is 4.79 Å². The topological polar surface area (TPSA) is 160 Å². The lowest BCUT2D eigenvalue weighted by molar-refractivity contribution is -0.119. The Hall–Kier alpha value is -4.02. The number of ether oxygens (including phenoxy) is 3. The van der Waals surface area contributed by atoms with Crippen molar-refractivity contribution in [1.82, 2.24) is 10.6 Å². The van der Waals surface area contributed by atoms with Crippen molar-refractivity contribution in [1.29, 1.82) is 0 Å². The van der Waals surface area contributed by atoms with Crippen molar-refractivity contribution in [3.05, 3.63) is 97.1 Å². The first kappa shape index (κ1) is 106. The van der Waals surface area contributed by atoms with Gasteiger partial charge in [-0.15, -0.1) is 47.9 Å². The van der Waals surface area contributed by atoms with Gasteiger partial charge in [-0.2, -0.15) is 0 Å². The number of thioether (sulfide) groups is 3. The van der Waals surface area contributed by atoms with E-state index in [4.69, 9.17) is 29.3 Å². The number of hydrogen-bond acceptors (Lipinski definition) is 13.